The molecule has 0 saturated carbocycles. The Labute approximate surface area is 84.8 Å². The first-order valence-electron chi connectivity index (χ1n) is 3.95. The van der Waals surface area contributed by atoms with Crippen molar-refractivity contribution in [3.63, 3.8) is 0 Å². The number of anilines is 1. The van der Waals surface area contributed by atoms with E-state index in [1.165, 1.54) is 6.92 Å². The minimum atomic E-state index is -0.0209. The van der Waals surface area contributed by atoms with E-state index in [-0.39, 0.29) is 18.3 Å². The Hall–Kier alpha value is -1.02. The van der Waals surface area contributed by atoms with Gasteiger partial charge in [0, 0.05) is 12.6 Å². The first-order valence-corrected chi connectivity index (χ1v) is 3.95. The maximum absolute atomic E-state index is 10.8. The highest BCUT2D eigenvalue weighted by Crippen LogP contribution is 2.18. The lowest BCUT2D eigenvalue weighted by Crippen LogP contribution is -2.08. The fourth-order valence-electron chi connectivity index (χ4n) is 1.19. The number of halogens is 1. The fraction of sp³-hybridized carbons (Fsp3) is 0.300. The smallest absolute Gasteiger partial charge is 0.221 e. The lowest BCUT2D eigenvalue weighted by molar-refractivity contribution is -0.114. The van der Waals surface area contributed by atoms with Crippen LogP contribution in [-0.4, -0.2) is 5.91 Å². The summed E-state index contributed by atoms with van der Waals surface area (Å²) in [6.45, 7) is 5.49. The van der Waals surface area contributed by atoms with Gasteiger partial charge in [-0.15, -0.1) is 12.4 Å². The van der Waals surface area contributed by atoms with Crippen molar-refractivity contribution in [3.05, 3.63) is 29.3 Å². The largest absolute Gasteiger partial charge is 0.326 e. The van der Waals surface area contributed by atoms with Gasteiger partial charge in [-0.1, -0.05) is 18.2 Å². The highest BCUT2D eigenvalue weighted by molar-refractivity contribution is 5.90. The predicted molar refractivity (Wildman–Crippen MR) is 57.5 cm³/mol. The monoisotopic (exact) mass is 199 g/mol. The van der Waals surface area contributed by atoms with Crippen LogP contribution in [0.1, 0.15) is 18.1 Å². The molecule has 0 heterocycles. The predicted octanol–water partition coefficient (Wildman–Crippen LogP) is 2.68. The van der Waals surface area contributed by atoms with E-state index in [2.05, 4.69) is 5.32 Å². The molecule has 72 valence electrons. The molecule has 1 aromatic rings. The number of hydrogen-bond donors (Lipinski definition) is 1. The molecule has 0 aliphatic carbocycles. The van der Waals surface area contributed by atoms with Gasteiger partial charge in [0.25, 0.3) is 0 Å². The molecule has 0 saturated heterocycles. The summed E-state index contributed by atoms with van der Waals surface area (Å²) in [7, 11) is 0. The molecule has 0 atom stereocenters. The molecule has 0 aliphatic rings. The van der Waals surface area contributed by atoms with Gasteiger partial charge >= 0.3 is 0 Å². The molecule has 0 aliphatic heterocycles. The van der Waals surface area contributed by atoms with Crippen molar-refractivity contribution in [3.8, 4) is 0 Å². The van der Waals surface area contributed by atoms with Crippen molar-refractivity contribution in [2.24, 2.45) is 0 Å². The molecule has 1 N–H and O–H groups in total. The number of benzene rings is 1. The van der Waals surface area contributed by atoms with Crippen LogP contribution in [0.5, 0.6) is 0 Å². The maximum atomic E-state index is 10.8. The lowest BCUT2D eigenvalue weighted by atomic mass is 10.1. The van der Waals surface area contributed by atoms with Gasteiger partial charge in [-0.25, -0.2) is 0 Å². The van der Waals surface area contributed by atoms with Crippen LogP contribution >= 0.6 is 12.4 Å². The fourth-order valence-corrected chi connectivity index (χ4v) is 1.19. The first-order chi connectivity index (χ1) is 5.61. The number of nitrogens with one attached hydrogen (secondary N) is 1. The van der Waals surface area contributed by atoms with Crippen LogP contribution in [0, 0.1) is 13.8 Å². The summed E-state index contributed by atoms with van der Waals surface area (Å²) < 4.78 is 0. The van der Waals surface area contributed by atoms with Gasteiger partial charge < -0.3 is 5.32 Å². The minimum absolute atomic E-state index is 0. The van der Waals surface area contributed by atoms with Gasteiger partial charge in [-0.05, 0) is 25.0 Å². The summed E-state index contributed by atoms with van der Waals surface area (Å²) in [5.74, 6) is -0.0209. The van der Waals surface area contributed by atoms with Crippen molar-refractivity contribution in [1.82, 2.24) is 0 Å². The number of rotatable bonds is 1. The van der Waals surface area contributed by atoms with Crippen LogP contribution in [0.25, 0.3) is 0 Å². The Morgan fingerprint density at radius 3 is 2.08 bits per heavy atom. The molecule has 3 heteroatoms. The third kappa shape index (κ3) is 3.07. The first kappa shape index (κ1) is 12.0. The Morgan fingerprint density at radius 2 is 1.69 bits per heavy atom. The summed E-state index contributed by atoms with van der Waals surface area (Å²) in [6.07, 6.45) is 0. The van der Waals surface area contributed by atoms with Gasteiger partial charge in [0.2, 0.25) is 5.91 Å². The Kier molecular flexibility index (Phi) is 4.49. The van der Waals surface area contributed by atoms with E-state index in [0.29, 0.717) is 0 Å². The van der Waals surface area contributed by atoms with E-state index in [0.717, 1.165) is 16.8 Å². The van der Waals surface area contributed by atoms with Crippen LogP contribution in [0.4, 0.5) is 5.69 Å². The van der Waals surface area contributed by atoms with E-state index >= 15 is 0 Å². The van der Waals surface area contributed by atoms with Crippen LogP contribution < -0.4 is 5.32 Å². The zero-order chi connectivity index (χ0) is 9.14. The molecular weight excluding hydrogens is 186 g/mol. The molecule has 0 fully saturated rings. The molecule has 1 amide bonds. The number of hydrogen-bond acceptors (Lipinski definition) is 1. The van der Waals surface area contributed by atoms with E-state index in [1.807, 2.05) is 32.0 Å². The second kappa shape index (κ2) is 4.87. The molecule has 0 bridgehead atoms. The summed E-state index contributed by atoms with van der Waals surface area (Å²) >= 11 is 0. The highest BCUT2D eigenvalue weighted by atomic mass is 35.5. The van der Waals surface area contributed by atoms with Crippen molar-refractivity contribution >= 4 is 24.0 Å². The molecule has 13 heavy (non-hydrogen) atoms. The third-order valence-corrected chi connectivity index (χ3v) is 1.78. The molecule has 0 aromatic heterocycles. The highest BCUT2D eigenvalue weighted by Gasteiger charge is 2.01. The minimum Gasteiger partial charge on any atom is -0.326 e. The second-order valence-corrected chi connectivity index (χ2v) is 2.95. The van der Waals surface area contributed by atoms with Gasteiger partial charge in [0.05, 0.1) is 0 Å². The summed E-state index contributed by atoms with van der Waals surface area (Å²) in [5.41, 5.74) is 3.14. The lowest BCUT2D eigenvalue weighted by Gasteiger charge is -2.08. The number of carbonyl (C=O) groups is 1. The SMILES string of the molecule is CC(=O)Nc1c(C)cccc1C.Cl. The number of para-hydroxylation sites is 1. The Bertz CT molecular complexity index is 290. The summed E-state index contributed by atoms with van der Waals surface area (Å²) in [5, 5.41) is 2.80. The maximum Gasteiger partial charge on any atom is 0.221 e. The normalized spacial score (nSPS) is 8.85. The van der Waals surface area contributed by atoms with Gasteiger partial charge in [-0.2, -0.15) is 0 Å². The van der Waals surface area contributed by atoms with Gasteiger partial charge in [0.15, 0.2) is 0 Å². The van der Waals surface area contributed by atoms with E-state index in [9.17, 15) is 4.79 Å². The van der Waals surface area contributed by atoms with Crippen LogP contribution in [0.3, 0.4) is 0 Å². The quantitative estimate of drug-likeness (QED) is 0.741. The average molecular weight is 200 g/mol. The van der Waals surface area contributed by atoms with Crippen LogP contribution in [0.15, 0.2) is 18.2 Å². The van der Waals surface area contributed by atoms with E-state index in [4.69, 9.17) is 0 Å². The molecule has 2 nitrogen and oxygen atoms in total. The summed E-state index contributed by atoms with van der Waals surface area (Å²) in [4.78, 5) is 10.8. The Balaban J connectivity index is 0.00000144. The van der Waals surface area contributed by atoms with Crippen molar-refractivity contribution in [2.45, 2.75) is 20.8 Å². The van der Waals surface area contributed by atoms with E-state index in [1.54, 1.807) is 0 Å². The van der Waals surface area contributed by atoms with Crippen LogP contribution in [-0.2, 0) is 4.79 Å². The molecule has 0 radical (unpaired) electrons. The average Bonchev–Trinajstić information content (AvgIpc) is 1.97. The molecule has 0 unspecified atom stereocenters. The zero-order valence-electron chi connectivity index (χ0n) is 8.05. The van der Waals surface area contributed by atoms with E-state index < -0.39 is 0 Å². The molecular formula is C10H14ClNO. The Morgan fingerprint density at radius 1 is 1.23 bits per heavy atom. The van der Waals surface area contributed by atoms with Crippen molar-refractivity contribution < 1.29 is 4.79 Å². The van der Waals surface area contributed by atoms with Gasteiger partial charge in [0.1, 0.15) is 0 Å². The number of amides is 1. The summed E-state index contributed by atoms with van der Waals surface area (Å²) in [6, 6.07) is 5.95. The van der Waals surface area contributed by atoms with Crippen LogP contribution in [0.2, 0.25) is 0 Å². The molecule has 0 spiro atoms. The standard InChI is InChI=1S/C10H13NO.ClH/c1-7-5-4-6-8(2)10(7)11-9(3)12;/h4-6H,1-3H3,(H,11,12);1H. The van der Waals surface area contributed by atoms with Crippen molar-refractivity contribution in [1.29, 1.82) is 0 Å². The molecule has 1 rings (SSSR count). The number of carbonyl (C=O) groups excluding carboxylic acids is 1. The third-order valence-electron chi connectivity index (χ3n) is 1.78. The molecule has 1 aromatic carbocycles. The van der Waals surface area contributed by atoms with Gasteiger partial charge in [-0.3, -0.25) is 4.79 Å². The second-order valence-electron chi connectivity index (χ2n) is 2.95. The topological polar surface area (TPSA) is 29.1 Å². The van der Waals surface area contributed by atoms with Crippen molar-refractivity contribution in [2.75, 3.05) is 5.32 Å². The number of aryl methyl sites for hydroxylation is 2. The zero-order valence-corrected chi connectivity index (χ0v) is 8.87.